The number of imide groups is 1. The van der Waals surface area contributed by atoms with Crippen molar-refractivity contribution in [2.45, 2.75) is 18.0 Å². The molecule has 1 N–H and O–H groups in total. The minimum absolute atomic E-state index is 0.285. The van der Waals surface area contributed by atoms with Gasteiger partial charge in [0.05, 0.1) is 24.6 Å². The number of carbonyl (C=O) groups excluding carboxylic acids is 3. The molecule has 2 saturated heterocycles. The lowest BCUT2D eigenvalue weighted by molar-refractivity contribution is -0.152. The summed E-state index contributed by atoms with van der Waals surface area (Å²) in [6.07, 6.45) is 2.19. The molecule has 0 unspecified atom stereocenters. The number of esters is 1. The maximum atomic E-state index is 13.9. The molecule has 10 heteroatoms. The predicted octanol–water partition coefficient (Wildman–Crippen LogP) is 2.71. The summed E-state index contributed by atoms with van der Waals surface area (Å²) in [5.74, 6) is -2.26. The number of nitrogens with one attached hydrogen (secondary N) is 1. The number of ether oxygens (including phenoxy) is 3. The molecular weight excluding hydrogens is 475 g/mol. The second kappa shape index (κ2) is 9.16. The molecule has 2 aromatic carbocycles. The van der Waals surface area contributed by atoms with Crippen LogP contribution in [0.1, 0.15) is 18.0 Å². The Balaban J connectivity index is 1.61. The number of methoxy groups -OCH3 is 1. The first-order chi connectivity index (χ1) is 16.9. The lowest BCUT2D eigenvalue weighted by Crippen LogP contribution is -2.56. The molecule has 4 atom stereocenters. The standard InChI is InChI=1S/C25H25FN2O6S/c1-32-24(31)25(9-12-35-2)20-19(21(27-25)14-3-5-15(26)6-4-14)22(29)28(23(20)30)16-7-8-17-18(13-16)34-11-10-33-17/h3-8,13,19-21,27H,9-12H2,1-2H3/t19-,20-,21+,25+/m0/s1. The molecule has 3 aliphatic heterocycles. The average molecular weight is 501 g/mol. The van der Waals surface area contributed by atoms with E-state index in [1.165, 1.54) is 31.0 Å². The summed E-state index contributed by atoms with van der Waals surface area (Å²) < 4.78 is 30.0. The van der Waals surface area contributed by atoms with Crippen molar-refractivity contribution >= 4 is 35.2 Å². The van der Waals surface area contributed by atoms with Gasteiger partial charge < -0.3 is 14.2 Å². The molecule has 2 fully saturated rings. The largest absolute Gasteiger partial charge is 0.486 e. The van der Waals surface area contributed by atoms with E-state index in [1.807, 2.05) is 6.26 Å². The fourth-order valence-electron chi connectivity index (χ4n) is 5.35. The third kappa shape index (κ3) is 3.75. The number of halogens is 1. The van der Waals surface area contributed by atoms with Crippen molar-refractivity contribution in [2.75, 3.05) is 37.2 Å². The molecule has 0 bridgehead atoms. The van der Waals surface area contributed by atoms with Gasteiger partial charge in [-0.05, 0) is 48.3 Å². The Bertz CT molecular complexity index is 1180. The molecule has 0 radical (unpaired) electrons. The smallest absolute Gasteiger partial charge is 0.326 e. The highest BCUT2D eigenvalue weighted by atomic mass is 32.2. The highest BCUT2D eigenvalue weighted by Crippen LogP contribution is 2.52. The van der Waals surface area contributed by atoms with Crippen molar-refractivity contribution in [2.24, 2.45) is 11.8 Å². The molecule has 35 heavy (non-hydrogen) atoms. The second-order valence-corrected chi connectivity index (χ2v) is 9.71. The topological polar surface area (TPSA) is 94.2 Å². The van der Waals surface area contributed by atoms with E-state index in [2.05, 4.69) is 5.32 Å². The number of thioether (sulfide) groups is 1. The molecule has 2 aromatic rings. The van der Waals surface area contributed by atoms with Gasteiger partial charge in [-0.25, -0.2) is 9.29 Å². The number of nitrogens with zero attached hydrogens (tertiary/aromatic N) is 1. The summed E-state index contributed by atoms with van der Waals surface area (Å²) in [7, 11) is 1.27. The monoisotopic (exact) mass is 500 g/mol. The number of hydrogen-bond acceptors (Lipinski definition) is 8. The zero-order valence-corrected chi connectivity index (χ0v) is 20.1. The zero-order chi connectivity index (χ0) is 24.7. The minimum Gasteiger partial charge on any atom is -0.486 e. The molecule has 3 aliphatic rings. The Labute approximate surface area is 206 Å². The Hall–Kier alpha value is -3.11. The van der Waals surface area contributed by atoms with Gasteiger partial charge in [0.25, 0.3) is 0 Å². The van der Waals surface area contributed by atoms with E-state index in [0.29, 0.717) is 41.7 Å². The van der Waals surface area contributed by atoms with Crippen molar-refractivity contribution in [1.29, 1.82) is 0 Å². The number of fused-ring (bicyclic) bond motifs is 2. The van der Waals surface area contributed by atoms with Crippen molar-refractivity contribution < 1.29 is 33.0 Å². The zero-order valence-electron chi connectivity index (χ0n) is 19.3. The van der Waals surface area contributed by atoms with E-state index in [9.17, 15) is 18.8 Å². The number of benzene rings is 2. The van der Waals surface area contributed by atoms with Gasteiger partial charge in [0.15, 0.2) is 11.5 Å². The fraction of sp³-hybridized carbons (Fsp3) is 0.400. The highest BCUT2D eigenvalue weighted by molar-refractivity contribution is 7.98. The van der Waals surface area contributed by atoms with E-state index in [0.717, 1.165) is 4.90 Å². The van der Waals surface area contributed by atoms with Crippen LogP contribution in [0.4, 0.5) is 10.1 Å². The lowest BCUT2D eigenvalue weighted by Gasteiger charge is -2.32. The molecule has 3 heterocycles. The van der Waals surface area contributed by atoms with Gasteiger partial charge in [-0.1, -0.05) is 12.1 Å². The van der Waals surface area contributed by atoms with E-state index >= 15 is 0 Å². The van der Waals surface area contributed by atoms with Crippen molar-refractivity contribution in [3.05, 3.63) is 53.8 Å². The lowest BCUT2D eigenvalue weighted by atomic mass is 9.78. The number of carbonyl (C=O) groups is 3. The van der Waals surface area contributed by atoms with Gasteiger partial charge in [0.2, 0.25) is 11.8 Å². The molecule has 2 amide bonds. The van der Waals surface area contributed by atoms with Crippen LogP contribution in [-0.4, -0.2) is 55.7 Å². The molecule has 184 valence electrons. The maximum Gasteiger partial charge on any atom is 0.326 e. The van der Waals surface area contributed by atoms with Gasteiger partial charge in [-0.3, -0.25) is 19.7 Å². The van der Waals surface area contributed by atoms with Crippen LogP contribution >= 0.6 is 11.8 Å². The minimum atomic E-state index is -1.41. The van der Waals surface area contributed by atoms with Crippen molar-refractivity contribution in [3.8, 4) is 11.5 Å². The van der Waals surface area contributed by atoms with E-state index < -0.39 is 47.0 Å². The van der Waals surface area contributed by atoms with Crippen LogP contribution in [-0.2, 0) is 19.1 Å². The van der Waals surface area contributed by atoms with Crippen molar-refractivity contribution in [1.82, 2.24) is 5.32 Å². The van der Waals surface area contributed by atoms with Crippen LogP contribution in [0.2, 0.25) is 0 Å². The highest BCUT2D eigenvalue weighted by Gasteiger charge is 2.68. The first-order valence-corrected chi connectivity index (χ1v) is 12.7. The number of rotatable bonds is 6. The van der Waals surface area contributed by atoms with Crippen LogP contribution in [0.5, 0.6) is 11.5 Å². The average Bonchev–Trinajstić information content (AvgIpc) is 3.36. The first kappa shape index (κ1) is 23.6. The SMILES string of the molecule is COC(=O)[C@]1(CCSC)N[C@H](c2ccc(F)cc2)[C@H]2C(=O)N(c3ccc4c(c3)OCCO4)C(=O)[C@H]21. The predicted molar refractivity (Wildman–Crippen MR) is 127 cm³/mol. The summed E-state index contributed by atoms with van der Waals surface area (Å²) in [4.78, 5) is 42.1. The fourth-order valence-corrected chi connectivity index (χ4v) is 5.88. The number of amides is 2. The van der Waals surface area contributed by atoms with Crippen molar-refractivity contribution in [3.63, 3.8) is 0 Å². The van der Waals surface area contributed by atoms with E-state index in [1.54, 1.807) is 30.3 Å². The molecular formula is C25H25FN2O6S. The molecule has 8 nitrogen and oxygen atoms in total. The van der Waals surface area contributed by atoms with Crippen LogP contribution < -0.4 is 19.7 Å². The first-order valence-electron chi connectivity index (χ1n) is 11.3. The summed E-state index contributed by atoms with van der Waals surface area (Å²) in [6, 6.07) is 9.94. The maximum absolute atomic E-state index is 13.9. The summed E-state index contributed by atoms with van der Waals surface area (Å²) in [6.45, 7) is 0.778. The van der Waals surface area contributed by atoms with Gasteiger partial charge in [-0.15, -0.1) is 0 Å². The third-order valence-corrected chi connectivity index (χ3v) is 7.53. The van der Waals surface area contributed by atoms with E-state index in [-0.39, 0.29) is 6.42 Å². The normalized spacial score (nSPS) is 27.2. The third-order valence-electron chi connectivity index (χ3n) is 6.92. The van der Waals surface area contributed by atoms with Crippen LogP contribution in [0.25, 0.3) is 0 Å². The Morgan fingerprint density at radius 3 is 2.54 bits per heavy atom. The van der Waals surface area contributed by atoms with Gasteiger partial charge in [0.1, 0.15) is 24.6 Å². The summed E-state index contributed by atoms with van der Waals surface area (Å²) >= 11 is 1.53. The van der Waals surface area contributed by atoms with Crippen LogP contribution in [0.3, 0.4) is 0 Å². The Kier molecular flexibility index (Phi) is 6.18. The Morgan fingerprint density at radius 2 is 1.86 bits per heavy atom. The van der Waals surface area contributed by atoms with E-state index in [4.69, 9.17) is 14.2 Å². The Morgan fingerprint density at radius 1 is 1.14 bits per heavy atom. The molecule has 0 aromatic heterocycles. The number of anilines is 1. The molecule has 0 saturated carbocycles. The molecule has 0 aliphatic carbocycles. The van der Waals surface area contributed by atoms with Crippen LogP contribution in [0, 0.1) is 17.7 Å². The molecule has 5 rings (SSSR count). The van der Waals surface area contributed by atoms with Gasteiger partial charge in [-0.2, -0.15) is 11.8 Å². The summed E-state index contributed by atoms with van der Waals surface area (Å²) in [5.41, 5.74) is -0.446. The summed E-state index contributed by atoms with van der Waals surface area (Å²) in [5, 5.41) is 3.29. The number of hydrogen-bond donors (Lipinski definition) is 1. The van der Waals surface area contributed by atoms with Gasteiger partial charge in [0, 0.05) is 12.1 Å². The second-order valence-electron chi connectivity index (χ2n) is 8.72. The quantitative estimate of drug-likeness (QED) is 0.478. The van der Waals surface area contributed by atoms with Gasteiger partial charge >= 0.3 is 5.97 Å². The molecule has 0 spiro atoms. The van der Waals surface area contributed by atoms with Crippen LogP contribution in [0.15, 0.2) is 42.5 Å².